The maximum absolute atomic E-state index is 13.5. The predicted octanol–water partition coefficient (Wildman–Crippen LogP) is 0.874. The van der Waals surface area contributed by atoms with E-state index < -0.39 is 53.9 Å². The molecule has 16 heteroatoms. The molecule has 1 saturated carbocycles. The molecule has 4 unspecified atom stereocenters. The molecule has 3 fully saturated rings. The summed E-state index contributed by atoms with van der Waals surface area (Å²) in [5.41, 5.74) is 0.707. The highest BCUT2D eigenvalue weighted by Crippen LogP contribution is 2.59. The highest BCUT2D eigenvalue weighted by atomic mass is 19.3. The van der Waals surface area contributed by atoms with Crippen LogP contribution in [-0.4, -0.2) is 115 Å². The van der Waals surface area contributed by atoms with E-state index in [1.54, 1.807) is 18.7 Å². The van der Waals surface area contributed by atoms with Gasteiger partial charge in [0.05, 0.1) is 49.5 Å². The van der Waals surface area contributed by atoms with E-state index in [9.17, 15) is 28.0 Å². The molecule has 0 radical (unpaired) electrons. The molecule has 1 N–H and O–H groups in total. The van der Waals surface area contributed by atoms with Gasteiger partial charge in [-0.2, -0.15) is 0 Å². The summed E-state index contributed by atoms with van der Waals surface area (Å²) < 4.78 is 27.0. The van der Waals surface area contributed by atoms with Crippen LogP contribution in [0.2, 0.25) is 0 Å². The van der Waals surface area contributed by atoms with Gasteiger partial charge in [0.15, 0.2) is 23.8 Å². The van der Waals surface area contributed by atoms with Crippen molar-refractivity contribution in [1.29, 1.82) is 0 Å². The van der Waals surface area contributed by atoms with Crippen LogP contribution in [-0.2, 0) is 14.4 Å². The molecule has 220 valence electrons. The zero-order valence-electron chi connectivity index (χ0n) is 23.0. The third-order valence-corrected chi connectivity index (χ3v) is 8.27. The minimum atomic E-state index is -2.58. The van der Waals surface area contributed by atoms with Crippen molar-refractivity contribution in [2.45, 2.75) is 44.4 Å². The van der Waals surface area contributed by atoms with Crippen LogP contribution in [0.25, 0.3) is 11.4 Å². The molecule has 2 saturated heterocycles. The Morgan fingerprint density at radius 1 is 1.10 bits per heavy atom. The number of urea groups is 1. The fourth-order valence-electron chi connectivity index (χ4n) is 5.58. The number of aromatic nitrogens is 4. The van der Waals surface area contributed by atoms with E-state index in [-0.39, 0.29) is 37.7 Å². The van der Waals surface area contributed by atoms with Gasteiger partial charge in [0.1, 0.15) is 23.2 Å². The fraction of sp³-hybridized carbons (Fsp3) is 0.500. The molecule has 2 aromatic heterocycles. The van der Waals surface area contributed by atoms with Crippen LogP contribution in [0.1, 0.15) is 20.3 Å². The second kappa shape index (κ2) is 10.0. The van der Waals surface area contributed by atoms with Gasteiger partial charge in [-0.05, 0) is 6.92 Å². The fourth-order valence-corrected chi connectivity index (χ4v) is 5.58. The molecule has 3 aliphatic heterocycles. The largest absolute Gasteiger partial charge is 0.354 e. The van der Waals surface area contributed by atoms with Crippen molar-refractivity contribution in [2.75, 3.05) is 36.9 Å². The number of piperidine rings is 1. The number of nitrogens with one attached hydrogen (secondary N) is 1. The van der Waals surface area contributed by atoms with Gasteiger partial charge in [0, 0.05) is 26.6 Å². The van der Waals surface area contributed by atoms with Crippen molar-refractivity contribution in [2.24, 2.45) is 16.8 Å². The van der Waals surface area contributed by atoms with Crippen LogP contribution >= 0.6 is 0 Å². The summed E-state index contributed by atoms with van der Waals surface area (Å²) >= 11 is 0. The highest BCUT2D eigenvalue weighted by Gasteiger charge is 2.71. The zero-order chi connectivity index (χ0) is 29.9. The molecule has 2 aromatic rings. The van der Waals surface area contributed by atoms with E-state index in [1.165, 1.54) is 48.0 Å². The first-order valence-electron chi connectivity index (χ1n) is 13.5. The second-order valence-corrected chi connectivity index (χ2v) is 10.8. The van der Waals surface area contributed by atoms with Crippen LogP contribution in [0.4, 0.5) is 25.2 Å². The van der Waals surface area contributed by atoms with E-state index >= 15 is 0 Å². The van der Waals surface area contributed by atoms with Gasteiger partial charge >= 0.3 is 6.03 Å². The number of nitrogens with zero attached hydrogens (tertiary/aromatic N) is 9. The van der Waals surface area contributed by atoms with Crippen molar-refractivity contribution in [3.63, 3.8) is 0 Å². The standard InChI is InChI=1S/C26H28F2N10O4/c1-4-14(39)9-37-24(41)21-22(35(3)25(37)42)32-12-38(21)13(2)23(40)34-19-7-29-5-18(33-19)17-6-31-20(8-30-17)36-10-15-16(11-36)26(15,27)28/h5-8,12-13,15-16,21-22H,4,9-11H2,1-3H3,(H,33,34,40)/t13-,15?,16?,21?,22?/m0/s1. The highest BCUT2D eigenvalue weighted by molar-refractivity contribution is 6.05. The topological polar surface area (TPSA) is 157 Å². The number of aliphatic imine (C=N–C) groups is 1. The van der Waals surface area contributed by atoms with Crippen molar-refractivity contribution in [3.05, 3.63) is 24.8 Å². The number of anilines is 2. The number of likely N-dealkylation sites (N-methyl/N-ethyl adjacent to an activating group) is 1. The lowest BCUT2D eigenvalue weighted by atomic mass is 10.1. The van der Waals surface area contributed by atoms with Crippen LogP contribution in [0.15, 0.2) is 29.8 Å². The molecule has 0 aromatic carbocycles. The molecule has 0 spiro atoms. The number of ketones is 1. The number of carbonyl (C=O) groups excluding carboxylic acids is 4. The zero-order valence-corrected chi connectivity index (χ0v) is 23.0. The Kier molecular flexibility index (Phi) is 6.57. The number of amides is 4. The molecular weight excluding hydrogens is 554 g/mol. The third kappa shape index (κ3) is 4.50. The Morgan fingerprint density at radius 3 is 2.50 bits per heavy atom. The molecule has 4 aliphatic rings. The monoisotopic (exact) mass is 582 g/mol. The normalized spacial score (nSPS) is 26.3. The number of rotatable bonds is 8. The van der Waals surface area contributed by atoms with E-state index in [4.69, 9.17) is 0 Å². The molecule has 0 bridgehead atoms. The average Bonchev–Trinajstić information content (AvgIpc) is 3.41. The van der Waals surface area contributed by atoms with E-state index in [1.807, 2.05) is 0 Å². The van der Waals surface area contributed by atoms with Gasteiger partial charge in [-0.1, -0.05) is 6.92 Å². The molecule has 1 aliphatic carbocycles. The van der Waals surface area contributed by atoms with Gasteiger partial charge in [-0.25, -0.2) is 33.5 Å². The van der Waals surface area contributed by atoms with Crippen molar-refractivity contribution in [1.82, 2.24) is 34.6 Å². The van der Waals surface area contributed by atoms with Crippen molar-refractivity contribution in [3.8, 4) is 11.4 Å². The number of alkyl halides is 2. The maximum atomic E-state index is 13.5. The first kappa shape index (κ1) is 27.5. The van der Waals surface area contributed by atoms with E-state index in [0.29, 0.717) is 17.2 Å². The Hall–Kier alpha value is -4.63. The van der Waals surface area contributed by atoms with Crippen LogP contribution in [0.5, 0.6) is 0 Å². The lowest BCUT2D eigenvalue weighted by molar-refractivity contribution is -0.141. The van der Waals surface area contributed by atoms with E-state index in [0.717, 1.165) is 4.90 Å². The number of imide groups is 1. The van der Waals surface area contributed by atoms with Crippen LogP contribution < -0.4 is 10.2 Å². The van der Waals surface area contributed by atoms with Gasteiger partial charge in [-0.15, -0.1) is 0 Å². The summed E-state index contributed by atoms with van der Waals surface area (Å²) in [7, 11) is 1.49. The summed E-state index contributed by atoms with van der Waals surface area (Å²) in [4.78, 5) is 78.1. The van der Waals surface area contributed by atoms with Gasteiger partial charge in [0.25, 0.3) is 11.8 Å². The smallest absolute Gasteiger partial charge is 0.328 e. The Bertz CT molecular complexity index is 1470. The minimum Gasteiger partial charge on any atom is -0.354 e. The quantitative estimate of drug-likeness (QED) is 0.474. The summed E-state index contributed by atoms with van der Waals surface area (Å²) in [5, 5.41) is 2.68. The van der Waals surface area contributed by atoms with Gasteiger partial charge in [-0.3, -0.25) is 24.3 Å². The Labute approximate surface area is 238 Å². The first-order valence-corrected chi connectivity index (χ1v) is 13.5. The Balaban J connectivity index is 1.12. The number of hydrogen-bond acceptors (Lipinski definition) is 11. The average molecular weight is 583 g/mol. The molecule has 4 amide bonds. The summed E-state index contributed by atoms with van der Waals surface area (Å²) in [6.07, 6.45) is 6.46. The Morgan fingerprint density at radius 2 is 1.83 bits per heavy atom. The predicted molar refractivity (Wildman–Crippen MR) is 143 cm³/mol. The lowest BCUT2D eigenvalue weighted by Crippen LogP contribution is -2.66. The number of Topliss-reactive ketones (excluding diaryl/α,β-unsaturated/α-hetero) is 1. The SMILES string of the molecule is CCC(=O)CN1C(=O)C2C(N=CN2[C@@H](C)C(=O)Nc2cncc(-c3cnc(N4CC5C(C4)C5(F)F)cn3)n2)N(C)C1=O. The third-order valence-electron chi connectivity index (χ3n) is 8.27. The maximum Gasteiger partial charge on any atom is 0.328 e. The molecule has 5 heterocycles. The molecule has 42 heavy (non-hydrogen) atoms. The second-order valence-electron chi connectivity index (χ2n) is 10.8. The number of halogens is 2. The van der Waals surface area contributed by atoms with E-state index in [2.05, 4.69) is 30.2 Å². The first-order chi connectivity index (χ1) is 20.0. The molecule has 14 nitrogen and oxygen atoms in total. The number of fused-ring (bicyclic) bond motifs is 2. The van der Waals surface area contributed by atoms with Crippen molar-refractivity contribution >= 4 is 41.6 Å². The summed E-state index contributed by atoms with van der Waals surface area (Å²) in [6.45, 7) is 3.35. The number of carbonyl (C=O) groups is 4. The van der Waals surface area contributed by atoms with Crippen molar-refractivity contribution < 1.29 is 28.0 Å². The minimum absolute atomic E-state index is 0.127. The lowest BCUT2D eigenvalue weighted by Gasteiger charge is -2.42. The molecule has 6 rings (SSSR count). The van der Waals surface area contributed by atoms with Crippen LogP contribution in [0, 0.1) is 11.8 Å². The summed E-state index contributed by atoms with van der Waals surface area (Å²) in [6, 6.07) is -2.50. The molecular formula is C26H28F2N10O4. The van der Waals surface area contributed by atoms with Crippen LogP contribution in [0.3, 0.4) is 0 Å². The van der Waals surface area contributed by atoms with Gasteiger partial charge in [0.2, 0.25) is 5.91 Å². The number of hydrogen-bond donors (Lipinski definition) is 1. The van der Waals surface area contributed by atoms with Gasteiger partial charge < -0.3 is 20.0 Å². The molecule has 5 atom stereocenters. The summed E-state index contributed by atoms with van der Waals surface area (Å²) in [5.74, 6) is -4.60.